The van der Waals surface area contributed by atoms with Gasteiger partial charge in [0, 0.05) is 16.3 Å². The maximum atomic E-state index is 9.63. The zero-order valence-electron chi connectivity index (χ0n) is 13.1. The van der Waals surface area contributed by atoms with Gasteiger partial charge >= 0.3 is 0 Å². The van der Waals surface area contributed by atoms with E-state index in [-0.39, 0.29) is 0 Å². The second-order valence-electron chi connectivity index (χ2n) is 5.60. The minimum atomic E-state index is 0.294. The maximum Gasteiger partial charge on any atom is 0.213 e. The molecule has 0 unspecified atom stereocenters. The molecule has 4 aromatic rings. The molecule has 0 saturated carbocycles. The van der Waals surface area contributed by atoms with Crippen LogP contribution in [0.1, 0.15) is 11.1 Å². The Kier molecular flexibility index (Phi) is 3.21. The van der Waals surface area contributed by atoms with Crippen molar-refractivity contribution in [3.8, 4) is 17.8 Å². The van der Waals surface area contributed by atoms with Gasteiger partial charge in [-0.1, -0.05) is 36.4 Å². The lowest BCUT2D eigenvalue weighted by atomic mass is 10.1. The van der Waals surface area contributed by atoms with Crippen LogP contribution in [-0.2, 0) is 0 Å². The molecule has 0 N–H and O–H groups in total. The summed E-state index contributed by atoms with van der Waals surface area (Å²) in [5.74, 6) is 0. The van der Waals surface area contributed by atoms with Crippen LogP contribution in [0.3, 0.4) is 0 Å². The highest BCUT2D eigenvalue weighted by Gasteiger charge is 2.18. The second kappa shape index (κ2) is 5.53. The van der Waals surface area contributed by atoms with Crippen molar-refractivity contribution in [3.63, 3.8) is 0 Å². The molecule has 0 radical (unpaired) electrons. The molecule has 1 aromatic heterocycles. The average molecular weight is 318 g/mol. The van der Waals surface area contributed by atoms with Crippen molar-refractivity contribution < 1.29 is 0 Å². The van der Waals surface area contributed by atoms with E-state index in [0.29, 0.717) is 22.5 Å². The molecular formula is C21H10N4. The van der Waals surface area contributed by atoms with Crippen molar-refractivity contribution in [1.82, 2.24) is 4.57 Å². The van der Waals surface area contributed by atoms with E-state index in [1.54, 1.807) is 0 Å². The lowest BCUT2D eigenvalue weighted by Crippen LogP contribution is -1.98. The minimum absolute atomic E-state index is 0.294. The first-order chi connectivity index (χ1) is 12.3. The Labute approximate surface area is 144 Å². The van der Waals surface area contributed by atoms with Crippen molar-refractivity contribution in [2.75, 3.05) is 0 Å². The van der Waals surface area contributed by atoms with E-state index in [4.69, 9.17) is 6.57 Å². The smallest absolute Gasteiger partial charge is 0.213 e. The molecule has 4 nitrogen and oxygen atoms in total. The summed E-state index contributed by atoms with van der Waals surface area (Å²) in [5, 5.41) is 20.9. The SMILES string of the molecule is [C-]#[N+]c1cc(C#N)cc(C#N)c1-n1c2ccccc2c2ccccc21. The van der Waals surface area contributed by atoms with Crippen LogP contribution < -0.4 is 0 Å². The van der Waals surface area contributed by atoms with Gasteiger partial charge in [-0.25, -0.2) is 4.85 Å². The van der Waals surface area contributed by atoms with Crippen LogP contribution in [0.4, 0.5) is 5.69 Å². The molecule has 0 saturated heterocycles. The molecule has 0 fully saturated rings. The predicted molar refractivity (Wildman–Crippen MR) is 96.5 cm³/mol. The quantitative estimate of drug-likeness (QED) is 0.460. The van der Waals surface area contributed by atoms with Crippen molar-refractivity contribution in [2.45, 2.75) is 0 Å². The third kappa shape index (κ3) is 2.05. The lowest BCUT2D eigenvalue weighted by Gasteiger charge is -2.12. The van der Waals surface area contributed by atoms with Gasteiger partial charge in [-0.15, -0.1) is 0 Å². The number of nitriles is 2. The van der Waals surface area contributed by atoms with Gasteiger partial charge < -0.3 is 4.57 Å². The summed E-state index contributed by atoms with van der Waals surface area (Å²) in [6.45, 7) is 7.54. The van der Waals surface area contributed by atoms with Gasteiger partial charge in [0.05, 0.1) is 41.0 Å². The van der Waals surface area contributed by atoms with E-state index in [0.717, 1.165) is 21.8 Å². The van der Waals surface area contributed by atoms with Gasteiger partial charge in [-0.3, -0.25) is 0 Å². The van der Waals surface area contributed by atoms with Crippen molar-refractivity contribution in [3.05, 3.63) is 83.2 Å². The molecule has 25 heavy (non-hydrogen) atoms. The van der Waals surface area contributed by atoms with Crippen LogP contribution in [0.25, 0.3) is 32.3 Å². The van der Waals surface area contributed by atoms with E-state index in [9.17, 15) is 10.5 Å². The number of benzene rings is 3. The van der Waals surface area contributed by atoms with Gasteiger partial charge in [0.25, 0.3) is 0 Å². The number of para-hydroxylation sites is 2. The topological polar surface area (TPSA) is 56.9 Å². The summed E-state index contributed by atoms with van der Waals surface area (Å²) < 4.78 is 1.94. The lowest BCUT2D eigenvalue weighted by molar-refractivity contribution is 1.17. The highest BCUT2D eigenvalue weighted by Crippen LogP contribution is 2.37. The summed E-state index contributed by atoms with van der Waals surface area (Å²) in [4.78, 5) is 3.58. The molecule has 0 aliphatic heterocycles. The molecule has 4 heteroatoms. The first-order valence-electron chi connectivity index (χ1n) is 7.62. The van der Waals surface area contributed by atoms with E-state index in [2.05, 4.69) is 10.9 Å². The van der Waals surface area contributed by atoms with Crippen molar-refractivity contribution in [2.24, 2.45) is 0 Å². The molecule has 4 rings (SSSR count). The van der Waals surface area contributed by atoms with E-state index >= 15 is 0 Å². The van der Waals surface area contributed by atoms with Gasteiger partial charge in [0.15, 0.2) is 0 Å². The summed E-state index contributed by atoms with van der Waals surface area (Å²) >= 11 is 0. The number of hydrogen-bond donors (Lipinski definition) is 0. The fraction of sp³-hybridized carbons (Fsp3) is 0. The standard InChI is InChI=1S/C21H10N4/c1-24-18-11-14(12-22)10-15(13-23)21(18)25-19-8-4-2-6-16(19)17-7-3-5-9-20(17)25/h2-11H. The van der Waals surface area contributed by atoms with Crippen LogP contribution in [0.5, 0.6) is 0 Å². The number of nitrogens with zero attached hydrogens (tertiary/aromatic N) is 4. The maximum absolute atomic E-state index is 9.63. The van der Waals surface area contributed by atoms with E-state index in [1.165, 1.54) is 12.1 Å². The second-order valence-corrected chi connectivity index (χ2v) is 5.60. The summed E-state index contributed by atoms with van der Waals surface area (Å²) in [6, 6.07) is 23.1. The average Bonchev–Trinajstić information content (AvgIpc) is 3.01. The Balaban J connectivity index is 2.26. The van der Waals surface area contributed by atoms with Crippen LogP contribution in [0.2, 0.25) is 0 Å². The van der Waals surface area contributed by atoms with Crippen LogP contribution in [0.15, 0.2) is 60.7 Å². The summed E-state index contributed by atoms with van der Waals surface area (Å²) in [6.07, 6.45) is 0. The van der Waals surface area contributed by atoms with Gasteiger partial charge in [-0.2, -0.15) is 10.5 Å². The normalized spacial score (nSPS) is 10.3. The van der Waals surface area contributed by atoms with Crippen LogP contribution in [-0.4, -0.2) is 4.57 Å². The van der Waals surface area contributed by atoms with Gasteiger partial charge in [-0.05, 0) is 24.3 Å². The summed E-state index contributed by atoms with van der Waals surface area (Å²) in [7, 11) is 0. The highest BCUT2D eigenvalue weighted by atomic mass is 15.0. The minimum Gasteiger partial charge on any atom is -0.318 e. The number of hydrogen-bond acceptors (Lipinski definition) is 2. The van der Waals surface area contributed by atoms with Crippen molar-refractivity contribution in [1.29, 1.82) is 10.5 Å². The van der Waals surface area contributed by atoms with Crippen LogP contribution >= 0.6 is 0 Å². The third-order valence-corrected chi connectivity index (χ3v) is 4.26. The van der Waals surface area contributed by atoms with Crippen LogP contribution in [0, 0.1) is 29.2 Å². The number of fused-ring (bicyclic) bond motifs is 3. The molecule has 3 aromatic carbocycles. The third-order valence-electron chi connectivity index (χ3n) is 4.26. The largest absolute Gasteiger partial charge is 0.318 e. The Bertz CT molecular complexity index is 1190. The Hall–Kier alpha value is -4.07. The highest BCUT2D eigenvalue weighted by molar-refractivity contribution is 6.09. The fourth-order valence-electron chi connectivity index (χ4n) is 3.25. The fourth-order valence-corrected chi connectivity index (χ4v) is 3.25. The zero-order chi connectivity index (χ0) is 17.4. The predicted octanol–water partition coefficient (Wildman–Crippen LogP) is 5.08. The molecule has 114 valence electrons. The van der Waals surface area contributed by atoms with Gasteiger partial charge in [0.2, 0.25) is 5.69 Å². The van der Waals surface area contributed by atoms with Crippen molar-refractivity contribution >= 4 is 27.5 Å². The molecule has 0 spiro atoms. The number of rotatable bonds is 1. The Morgan fingerprint density at radius 2 is 1.44 bits per heavy atom. The van der Waals surface area contributed by atoms with E-state index < -0.39 is 0 Å². The molecule has 0 bridgehead atoms. The first-order valence-corrected chi connectivity index (χ1v) is 7.62. The number of aromatic nitrogens is 1. The molecule has 0 aliphatic rings. The Morgan fingerprint density at radius 1 is 0.840 bits per heavy atom. The molecule has 1 heterocycles. The monoisotopic (exact) mass is 318 g/mol. The van der Waals surface area contributed by atoms with Gasteiger partial charge in [0.1, 0.15) is 0 Å². The zero-order valence-corrected chi connectivity index (χ0v) is 13.1. The molecular weight excluding hydrogens is 308 g/mol. The Morgan fingerprint density at radius 3 is 1.96 bits per heavy atom. The molecule has 0 amide bonds. The molecule has 0 atom stereocenters. The molecule has 0 aliphatic carbocycles. The van der Waals surface area contributed by atoms with E-state index in [1.807, 2.05) is 59.2 Å². The summed E-state index contributed by atoms with van der Waals surface area (Å²) in [5.41, 5.74) is 3.30. The first kappa shape index (κ1) is 14.5.